The number of hydrogen-bond donors (Lipinski definition) is 2. The number of nitrogens with two attached hydrogens (primary N) is 1. The Morgan fingerprint density at radius 2 is 1.94 bits per heavy atom. The van der Waals surface area contributed by atoms with Crippen molar-refractivity contribution in [1.82, 2.24) is 0 Å². The quantitative estimate of drug-likeness (QED) is 0.815. The lowest BCUT2D eigenvalue weighted by atomic mass is 10.2. The van der Waals surface area contributed by atoms with Crippen LogP contribution in [-0.2, 0) is 0 Å². The van der Waals surface area contributed by atoms with Crippen molar-refractivity contribution in [3.8, 4) is 5.75 Å². The van der Waals surface area contributed by atoms with Gasteiger partial charge in [0.2, 0.25) is 0 Å². The zero-order valence-corrected chi connectivity index (χ0v) is 10.2. The summed E-state index contributed by atoms with van der Waals surface area (Å²) in [6, 6.07) is 13.0. The highest BCUT2D eigenvalue weighted by Crippen LogP contribution is 2.26. The van der Waals surface area contributed by atoms with Crippen molar-refractivity contribution in [2.24, 2.45) is 0 Å². The van der Waals surface area contributed by atoms with E-state index in [9.17, 15) is 0 Å². The van der Waals surface area contributed by atoms with Crippen LogP contribution in [0.4, 0.5) is 17.1 Å². The van der Waals surface area contributed by atoms with E-state index < -0.39 is 0 Å². The van der Waals surface area contributed by atoms with Gasteiger partial charge in [0, 0.05) is 34.2 Å². The van der Waals surface area contributed by atoms with Crippen LogP contribution < -0.4 is 15.8 Å². The molecule has 0 atom stereocenters. The summed E-state index contributed by atoms with van der Waals surface area (Å²) >= 11 is 5.91. The van der Waals surface area contributed by atoms with Crippen LogP contribution in [0, 0.1) is 0 Å². The second kappa shape index (κ2) is 4.97. The Hall–Kier alpha value is -1.87. The fraction of sp³-hybridized carbons (Fsp3) is 0.0769. The number of nitrogen functional groups attached to an aromatic ring is 1. The number of hydrogen-bond acceptors (Lipinski definition) is 3. The minimum Gasteiger partial charge on any atom is -0.497 e. The van der Waals surface area contributed by atoms with Gasteiger partial charge in [0.1, 0.15) is 5.75 Å². The first-order chi connectivity index (χ1) is 8.17. The highest BCUT2D eigenvalue weighted by molar-refractivity contribution is 6.30. The van der Waals surface area contributed by atoms with Crippen LogP contribution in [0.3, 0.4) is 0 Å². The summed E-state index contributed by atoms with van der Waals surface area (Å²) in [5, 5.41) is 3.90. The monoisotopic (exact) mass is 248 g/mol. The first-order valence-electron chi connectivity index (χ1n) is 5.14. The molecule has 0 heterocycles. The Bertz CT molecular complexity index is 529. The van der Waals surface area contributed by atoms with Crippen molar-refractivity contribution in [2.45, 2.75) is 0 Å². The van der Waals surface area contributed by atoms with Gasteiger partial charge in [-0.3, -0.25) is 0 Å². The molecule has 4 heteroatoms. The fourth-order valence-electron chi connectivity index (χ4n) is 1.55. The van der Waals surface area contributed by atoms with E-state index in [1.54, 1.807) is 13.2 Å². The summed E-state index contributed by atoms with van der Waals surface area (Å²) in [5.74, 6) is 0.717. The molecule has 0 aliphatic carbocycles. The Balaban J connectivity index is 2.26. The average molecular weight is 249 g/mol. The largest absolute Gasteiger partial charge is 0.497 e. The molecular weight excluding hydrogens is 236 g/mol. The third-order valence-corrected chi connectivity index (χ3v) is 2.51. The molecule has 0 saturated heterocycles. The van der Waals surface area contributed by atoms with Gasteiger partial charge in [0.15, 0.2) is 0 Å². The number of nitrogens with one attached hydrogen (secondary N) is 1. The van der Waals surface area contributed by atoms with Crippen molar-refractivity contribution in [2.75, 3.05) is 18.2 Å². The summed E-state index contributed by atoms with van der Waals surface area (Å²) < 4.78 is 5.15. The van der Waals surface area contributed by atoms with Crippen LogP contribution in [0.25, 0.3) is 0 Å². The van der Waals surface area contributed by atoms with Gasteiger partial charge in [-0.05, 0) is 24.3 Å². The van der Waals surface area contributed by atoms with Gasteiger partial charge in [-0.15, -0.1) is 0 Å². The highest BCUT2D eigenvalue weighted by atomic mass is 35.5. The Kier molecular flexibility index (Phi) is 3.40. The van der Waals surface area contributed by atoms with Crippen LogP contribution in [0.1, 0.15) is 0 Å². The summed E-state index contributed by atoms with van der Waals surface area (Å²) in [6.45, 7) is 0. The molecule has 0 unspecified atom stereocenters. The Morgan fingerprint density at radius 1 is 1.12 bits per heavy atom. The molecule has 0 aliphatic heterocycles. The fourth-order valence-corrected chi connectivity index (χ4v) is 1.74. The number of anilines is 3. The zero-order valence-electron chi connectivity index (χ0n) is 9.41. The molecule has 17 heavy (non-hydrogen) atoms. The van der Waals surface area contributed by atoms with Crippen molar-refractivity contribution < 1.29 is 4.74 Å². The van der Waals surface area contributed by atoms with Gasteiger partial charge in [-0.2, -0.15) is 0 Å². The standard InChI is InChI=1S/C13H13ClN2O/c1-17-13-7-10(15)6-12(8-13)16-11-4-2-3-9(14)5-11/h2-8,16H,15H2,1H3. The van der Waals surface area contributed by atoms with E-state index in [0.29, 0.717) is 10.7 Å². The Labute approximate surface area is 105 Å². The molecule has 0 bridgehead atoms. The summed E-state index contributed by atoms with van der Waals surface area (Å²) in [4.78, 5) is 0. The maximum absolute atomic E-state index is 5.91. The normalized spacial score (nSPS) is 10.0. The molecule has 0 radical (unpaired) electrons. The SMILES string of the molecule is COc1cc(N)cc(Nc2cccc(Cl)c2)c1. The van der Waals surface area contributed by atoms with E-state index >= 15 is 0 Å². The van der Waals surface area contributed by atoms with E-state index in [2.05, 4.69) is 5.32 Å². The summed E-state index contributed by atoms with van der Waals surface area (Å²) in [7, 11) is 1.61. The van der Waals surface area contributed by atoms with Crippen LogP contribution in [0.5, 0.6) is 5.75 Å². The third kappa shape index (κ3) is 3.04. The summed E-state index contributed by atoms with van der Waals surface area (Å²) in [6.07, 6.45) is 0. The molecule has 0 aromatic heterocycles. The van der Waals surface area contributed by atoms with Crippen LogP contribution in [0.2, 0.25) is 5.02 Å². The highest BCUT2D eigenvalue weighted by Gasteiger charge is 2.00. The summed E-state index contributed by atoms with van der Waals surface area (Å²) in [5.41, 5.74) is 8.19. The molecule has 3 N–H and O–H groups in total. The molecular formula is C13H13ClN2O. The van der Waals surface area contributed by atoms with E-state index in [1.807, 2.05) is 36.4 Å². The van der Waals surface area contributed by atoms with Gasteiger partial charge < -0.3 is 15.8 Å². The van der Waals surface area contributed by atoms with Crippen molar-refractivity contribution in [3.63, 3.8) is 0 Å². The smallest absolute Gasteiger partial charge is 0.122 e. The third-order valence-electron chi connectivity index (χ3n) is 2.28. The van der Waals surface area contributed by atoms with Gasteiger partial charge >= 0.3 is 0 Å². The van der Waals surface area contributed by atoms with E-state index in [1.165, 1.54) is 0 Å². The van der Waals surface area contributed by atoms with Gasteiger partial charge in [0.25, 0.3) is 0 Å². The predicted octanol–water partition coefficient (Wildman–Crippen LogP) is 3.67. The zero-order chi connectivity index (χ0) is 12.3. The minimum atomic E-state index is 0.647. The number of rotatable bonds is 3. The number of halogens is 1. The topological polar surface area (TPSA) is 47.3 Å². The molecule has 0 amide bonds. The predicted molar refractivity (Wildman–Crippen MR) is 72.1 cm³/mol. The lowest BCUT2D eigenvalue weighted by Crippen LogP contribution is -1.94. The molecule has 2 rings (SSSR count). The van der Waals surface area contributed by atoms with Crippen molar-refractivity contribution in [1.29, 1.82) is 0 Å². The first kappa shape index (κ1) is 11.6. The lowest BCUT2D eigenvalue weighted by Gasteiger charge is -2.09. The minimum absolute atomic E-state index is 0.647. The second-order valence-corrected chi connectivity index (χ2v) is 4.07. The number of methoxy groups -OCH3 is 1. The number of benzene rings is 2. The second-order valence-electron chi connectivity index (χ2n) is 3.63. The molecule has 0 spiro atoms. The van der Waals surface area contributed by atoms with E-state index in [4.69, 9.17) is 22.1 Å². The number of ether oxygens (including phenoxy) is 1. The molecule has 2 aromatic carbocycles. The lowest BCUT2D eigenvalue weighted by molar-refractivity contribution is 0.415. The molecule has 0 fully saturated rings. The molecule has 2 aromatic rings. The van der Waals surface area contributed by atoms with Gasteiger partial charge in [-0.25, -0.2) is 0 Å². The average Bonchev–Trinajstić information content (AvgIpc) is 2.28. The van der Waals surface area contributed by atoms with Crippen molar-refractivity contribution >= 4 is 28.7 Å². The van der Waals surface area contributed by atoms with Crippen molar-refractivity contribution in [3.05, 3.63) is 47.5 Å². The molecule has 0 aliphatic rings. The maximum atomic E-state index is 5.91. The van der Waals surface area contributed by atoms with Crippen LogP contribution >= 0.6 is 11.6 Å². The first-order valence-corrected chi connectivity index (χ1v) is 5.52. The Morgan fingerprint density at radius 3 is 2.65 bits per heavy atom. The maximum Gasteiger partial charge on any atom is 0.122 e. The van der Waals surface area contributed by atoms with Gasteiger partial charge in [-0.1, -0.05) is 17.7 Å². The van der Waals surface area contributed by atoms with Crippen LogP contribution in [0.15, 0.2) is 42.5 Å². The van der Waals surface area contributed by atoms with Gasteiger partial charge in [0.05, 0.1) is 7.11 Å². The molecule has 3 nitrogen and oxygen atoms in total. The van der Waals surface area contributed by atoms with Crippen LogP contribution in [-0.4, -0.2) is 7.11 Å². The van der Waals surface area contributed by atoms with E-state index in [-0.39, 0.29) is 0 Å². The van der Waals surface area contributed by atoms with E-state index in [0.717, 1.165) is 17.1 Å². The molecule has 88 valence electrons. The molecule has 0 saturated carbocycles.